The molecule has 2 rings (SSSR count). The Hall–Kier alpha value is -0.930. The summed E-state index contributed by atoms with van der Waals surface area (Å²) in [7, 11) is 0. The van der Waals surface area contributed by atoms with Gasteiger partial charge in [0.2, 0.25) is 0 Å². The molecule has 0 aromatic carbocycles. The van der Waals surface area contributed by atoms with Crippen molar-refractivity contribution in [3.8, 4) is 0 Å². The standard InChI is InChI=1S/C14H21NO2/c1-10-7-12(9-15-8-10)14(17)13(16)11-5-3-2-4-6-11/h7-9,11,13-14,16-17H,2-6H2,1H3. The molecule has 1 aromatic heterocycles. The van der Waals surface area contributed by atoms with Gasteiger partial charge < -0.3 is 10.2 Å². The molecule has 17 heavy (non-hydrogen) atoms. The van der Waals surface area contributed by atoms with E-state index < -0.39 is 12.2 Å². The molecule has 2 N–H and O–H groups in total. The van der Waals surface area contributed by atoms with Crippen LogP contribution in [0.1, 0.15) is 49.3 Å². The quantitative estimate of drug-likeness (QED) is 0.845. The summed E-state index contributed by atoms with van der Waals surface area (Å²) in [5.41, 5.74) is 1.74. The molecule has 0 aliphatic heterocycles. The molecule has 3 nitrogen and oxygen atoms in total. The summed E-state index contributed by atoms with van der Waals surface area (Å²) in [6.45, 7) is 1.94. The first-order valence-corrected chi connectivity index (χ1v) is 6.46. The monoisotopic (exact) mass is 235 g/mol. The second kappa shape index (κ2) is 5.61. The van der Waals surface area contributed by atoms with Crippen LogP contribution in [0, 0.1) is 12.8 Å². The minimum Gasteiger partial charge on any atom is -0.390 e. The SMILES string of the molecule is Cc1cncc(C(O)C(O)C2CCCCC2)c1. The molecule has 0 spiro atoms. The van der Waals surface area contributed by atoms with Crippen LogP contribution in [0.4, 0.5) is 0 Å². The van der Waals surface area contributed by atoms with E-state index in [1.807, 2.05) is 13.0 Å². The van der Waals surface area contributed by atoms with E-state index in [2.05, 4.69) is 4.98 Å². The lowest BCUT2D eigenvalue weighted by molar-refractivity contribution is -0.0287. The largest absolute Gasteiger partial charge is 0.390 e. The Morgan fingerprint density at radius 1 is 1.18 bits per heavy atom. The number of hydrogen-bond acceptors (Lipinski definition) is 3. The molecular weight excluding hydrogens is 214 g/mol. The van der Waals surface area contributed by atoms with Gasteiger partial charge in [-0.05, 0) is 31.2 Å². The third-order valence-electron chi connectivity index (χ3n) is 3.69. The van der Waals surface area contributed by atoms with Crippen molar-refractivity contribution < 1.29 is 10.2 Å². The molecular formula is C14H21NO2. The number of hydrogen-bond donors (Lipinski definition) is 2. The summed E-state index contributed by atoms with van der Waals surface area (Å²) in [5.74, 6) is 0.235. The summed E-state index contributed by atoms with van der Waals surface area (Å²) >= 11 is 0. The normalized spacial score (nSPS) is 21.1. The fourth-order valence-corrected chi connectivity index (χ4v) is 2.67. The molecule has 0 amide bonds. The number of aromatic nitrogens is 1. The molecule has 3 heteroatoms. The highest BCUT2D eigenvalue weighted by Crippen LogP contribution is 2.32. The lowest BCUT2D eigenvalue weighted by Gasteiger charge is -2.29. The van der Waals surface area contributed by atoms with Crippen LogP contribution in [0.25, 0.3) is 0 Å². The van der Waals surface area contributed by atoms with Crippen molar-refractivity contribution in [1.29, 1.82) is 0 Å². The van der Waals surface area contributed by atoms with Crippen LogP contribution in [0.15, 0.2) is 18.5 Å². The summed E-state index contributed by atoms with van der Waals surface area (Å²) in [6, 6.07) is 1.89. The van der Waals surface area contributed by atoms with Gasteiger partial charge in [0.05, 0.1) is 6.10 Å². The Balaban J connectivity index is 2.05. The van der Waals surface area contributed by atoms with Gasteiger partial charge in [0, 0.05) is 18.0 Å². The molecule has 0 radical (unpaired) electrons. The van der Waals surface area contributed by atoms with Crippen molar-refractivity contribution >= 4 is 0 Å². The smallest absolute Gasteiger partial charge is 0.107 e. The van der Waals surface area contributed by atoms with Gasteiger partial charge in [-0.15, -0.1) is 0 Å². The molecule has 2 atom stereocenters. The van der Waals surface area contributed by atoms with Gasteiger partial charge in [-0.25, -0.2) is 0 Å². The first kappa shape index (κ1) is 12.5. The van der Waals surface area contributed by atoms with Gasteiger partial charge in [0.15, 0.2) is 0 Å². The minimum absolute atomic E-state index is 0.235. The zero-order valence-electron chi connectivity index (χ0n) is 10.3. The maximum atomic E-state index is 10.2. The van der Waals surface area contributed by atoms with E-state index in [-0.39, 0.29) is 5.92 Å². The Morgan fingerprint density at radius 3 is 2.53 bits per heavy atom. The van der Waals surface area contributed by atoms with Crippen molar-refractivity contribution in [2.45, 2.75) is 51.2 Å². The summed E-state index contributed by atoms with van der Waals surface area (Å²) in [4.78, 5) is 4.06. The topological polar surface area (TPSA) is 53.4 Å². The van der Waals surface area contributed by atoms with Crippen LogP contribution < -0.4 is 0 Å². The number of aryl methyl sites for hydroxylation is 1. The minimum atomic E-state index is -0.800. The maximum absolute atomic E-state index is 10.2. The van der Waals surface area contributed by atoms with Crippen molar-refractivity contribution in [2.24, 2.45) is 5.92 Å². The first-order chi connectivity index (χ1) is 8.18. The van der Waals surface area contributed by atoms with Gasteiger partial charge in [-0.1, -0.05) is 25.3 Å². The third kappa shape index (κ3) is 3.05. The van der Waals surface area contributed by atoms with Gasteiger partial charge >= 0.3 is 0 Å². The van der Waals surface area contributed by atoms with Crippen LogP contribution >= 0.6 is 0 Å². The zero-order chi connectivity index (χ0) is 12.3. The number of aliphatic hydroxyl groups excluding tert-OH is 2. The zero-order valence-corrected chi connectivity index (χ0v) is 10.3. The predicted molar refractivity (Wildman–Crippen MR) is 66.5 cm³/mol. The van der Waals surface area contributed by atoms with Crippen molar-refractivity contribution in [1.82, 2.24) is 4.98 Å². The van der Waals surface area contributed by atoms with Crippen LogP contribution in [0.2, 0.25) is 0 Å². The van der Waals surface area contributed by atoms with Crippen molar-refractivity contribution in [2.75, 3.05) is 0 Å². The summed E-state index contributed by atoms with van der Waals surface area (Å²) < 4.78 is 0. The van der Waals surface area contributed by atoms with Crippen molar-refractivity contribution in [3.05, 3.63) is 29.6 Å². The van der Waals surface area contributed by atoms with Gasteiger partial charge in [0.25, 0.3) is 0 Å². The summed E-state index contributed by atoms with van der Waals surface area (Å²) in [5, 5.41) is 20.4. The van der Waals surface area contributed by atoms with E-state index in [1.54, 1.807) is 12.4 Å². The highest BCUT2D eigenvalue weighted by Gasteiger charge is 2.28. The average Bonchev–Trinajstić information content (AvgIpc) is 2.38. The maximum Gasteiger partial charge on any atom is 0.107 e. The van der Waals surface area contributed by atoms with Gasteiger partial charge in [-0.2, -0.15) is 0 Å². The Morgan fingerprint density at radius 2 is 1.88 bits per heavy atom. The lowest BCUT2D eigenvalue weighted by atomic mass is 9.82. The van der Waals surface area contributed by atoms with E-state index in [0.717, 1.165) is 24.0 Å². The summed E-state index contributed by atoms with van der Waals surface area (Å²) in [6.07, 6.45) is 7.58. The number of nitrogens with zero attached hydrogens (tertiary/aromatic N) is 1. The second-order valence-corrected chi connectivity index (χ2v) is 5.13. The number of aliphatic hydroxyl groups is 2. The molecule has 94 valence electrons. The van der Waals surface area contributed by atoms with E-state index in [1.165, 1.54) is 19.3 Å². The predicted octanol–water partition coefficient (Wildman–Crippen LogP) is 2.36. The van der Waals surface area contributed by atoms with Crippen molar-refractivity contribution in [3.63, 3.8) is 0 Å². The molecule has 1 aromatic rings. The van der Waals surface area contributed by atoms with E-state index in [9.17, 15) is 10.2 Å². The lowest BCUT2D eigenvalue weighted by Crippen LogP contribution is -2.29. The Bertz CT molecular complexity index is 361. The fourth-order valence-electron chi connectivity index (χ4n) is 2.67. The molecule has 1 aliphatic carbocycles. The van der Waals surface area contributed by atoms with E-state index >= 15 is 0 Å². The van der Waals surface area contributed by atoms with Gasteiger partial charge in [-0.3, -0.25) is 4.98 Å². The molecule has 1 saturated carbocycles. The first-order valence-electron chi connectivity index (χ1n) is 6.46. The molecule has 0 saturated heterocycles. The fraction of sp³-hybridized carbons (Fsp3) is 0.643. The third-order valence-corrected chi connectivity index (χ3v) is 3.69. The van der Waals surface area contributed by atoms with Gasteiger partial charge in [0.1, 0.15) is 6.10 Å². The number of pyridine rings is 1. The van der Waals surface area contributed by atoms with E-state index in [4.69, 9.17) is 0 Å². The molecule has 1 fully saturated rings. The average molecular weight is 235 g/mol. The number of rotatable bonds is 3. The molecule has 1 heterocycles. The molecule has 1 aliphatic rings. The molecule has 2 unspecified atom stereocenters. The Labute approximate surface area is 103 Å². The highest BCUT2D eigenvalue weighted by atomic mass is 16.3. The van der Waals surface area contributed by atoms with Crippen LogP contribution in [0.5, 0.6) is 0 Å². The highest BCUT2D eigenvalue weighted by molar-refractivity contribution is 5.19. The molecule has 0 bridgehead atoms. The Kier molecular flexibility index (Phi) is 4.13. The van der Waals surface area contributed by atoms with Crippen LogP contribution in [0.3, 0.4) is 0 Å². The second-order valence-electron chi connectivity index (χ2n) is 5.13. The van der Waals surface area contributed by atoms with Crippen LogP contribution in [-0.2, 0) is 0 Å². The van der Waals surface area contributed by atoms with E-state index in [0.29, 0.717) is 0 Å². The van der Waals surface area contributed by atoms with Crippen LogP contribution in [-0.4, -0.2) is 21.3 Å².